The zero-order valence-corrected chi connectivity index (χ0v) is 27.2. The van der Waals surface area contributed by atoms with Gasteiger partial charge in [-0.1, -0.05) is 92.3 Å². The Morgan fingerprint density at radius 2 is 1.28 bits per heavy atom. The van der Waals surface area contributed by atoms with Gasteiger partial charge in [-0.2, -0.15) is 0 Å². The van der Waals surface area contributed by atoms with E-state index >= 15 is 0 Å². The lowest BCUT2D eigenvalue weighted by atomic mass is 9.78. The third-order valence-electron chi connectivity index (χ3n) is 6.46. The van der Waals surface area contributed by atoms with Crippen molar-refractivity contribution in [1.82, 2.24) is 0 Å². The van der Waals surface area contributed by atoms with Gasteiger partial charge in [-0.3, -0.25) is 0 Å². The molecule has 39 heavy (non-hydrogen) atoms. The van der Waals surface area contributed by atoms with Crippen molar-refractivity contribution < 1.29 is 43.6 Å². The van der Waals surface area contributed by atoms with E-state index in [2.05, 4.69) is 74.4 Å². The maximum atomic E-state index is 9.52. The zero-order valence-electron chi connectivity index (χ0n) is 25.4. The smallest absolute Gasteiger partial charge is 0.404 e. The molecule has 0 aliphatic rings. The monoisotopic (exact) mass is 596 g/mol. The van der Waals surface area contributed by atoms with Gasteiger partial charge in [-0.15, -0.1) is 0 Å². The molecule has 9 nitrogen and oxygen atoms in total. The number of aryl methyl sites for hydroxylation is 1. The van der Waals surface area contributed by atoms with Gasteiger partial charge in [0.1, 0.15) is 5.75 Å². The summed E-state index contributed by atoms with van der Waals surface area (Å²) in [6.07, 6.45) is 4.37. The Morgan fingerprint density at radius 3 is 1.59 bits per heavy atom. The SMILES string of the molecule is CCCCC(CC)COP(Oc1c(C(C)(C)C)cc(C)cc1C(C)(C)C)OP(O)O.OCC(CO)(CO)CO. The number of unbranched alkanes of at least 4 members (excludes halogenated alkanes) is 1. The molecule has 6 N–H and O–H groups in total. The molecular formula is C28H54O9P2. The van der Waals surface area contributed by atoms with E-state index in [-0.39, 0.29) is 10.8 Å². The van der Waals surface area contributed by atoms with Crippen molar-refractivity contribution in [2.75, 3.05) is 33.0 Å². The van der Waals surface area contributed by atoms with E-state index < -0.39 is 49.0 Å². The Hall–Kier alpha value is -0.440. The third kappa shape index (κ3) is 13.8. The Morgan fingerprint density at radius 1 is 0.821 bits per heavy atom. The summed E-state index contributed by atoms with van der Waals surface area (Å²) in [4.78, 5) is 19.0. The van der Waals surface area contributed by atoms with Gasteiger partial charge in [0.05, 0.1) is 38.4 Å². The number of aliphatic hydroxyl groups is 4. The first-order valence-electron chi connectivity index (χ1n) is 13.6. The van der Waals surface area contributed by atoms with E-state index in [1.807, 2.05) is 0 Å². The molecule has 0 aromatic heterocycles. The largest absolute Gasteiger partial charge is 0.426 e. The minimum Gasteiger partial charge on any atom is -0.426 e. The van der Waals surface area contributed by atoms with Crippen LogP contribution in [0.3, 0.4) is 0 Å². The molecule has 0 aliphatic carbocycles. The first-order chi connectivity index (χ1) is 18.0. The van der Waals surface area contributed by atoms with Crippen molar-refractivity contribution in [3.63, 3.8) is 0 Å². The van der Waals surface area contributed by atoms with Crippen LogP contribution >= 0.6 is 17.2 Å². The third-order valence-corrected chi connectivity index (χ3v) is 8.26. The fraction of sp³-hybridized carbons (Fsp3) is 0.786. The molecule has 0 amide bonds. The number of hydrogen-bond acceptors (Lipinski definition) is 9. The Bertz CT molecular complexity index is 751. The summed E-state index contributed by atoms with van der Waals surface area (Å²) in [5.41, 5.74) is 1.87. The van der Waals surface area contributed by atoms with Gasteiger partial charge >= 0.3 is 17.2 Å². The molecule has 0 saturated carbocycles. The molecule has 1 aromatic carbocycles. The van der Waals surface area contributed by atoms with Gasteiger partial charge in [0.25, 0.3) is 0 Å². The first-order valence-corrected chi connectivity index (χ1v) is 15.9. The summed E-state index contributed by atoms with van der Waals surface area (Å²) in [6, 6.07) is 4.27. The predicted molar refractivity (Wildman–Crippen MR) is 159 cm³/mol. The average molecular weight is 597 g/mol. The molecule has 0 heterocycles. The van der Waals surface area contributed by atoms with Crippen molar-refractivity contribution >= 4 is 17.2 Å². The second kappa shape index (κ2) is 18.2. The van der Waals surface area contributed by atoms with Gasteiger partial charge in [-0.05, 0) is 30.1 Å². The van der Waals surface area contributed by atoms with E-state index in [9.17, 15) is 9.79 Å². The second-order valence-electron chi connectivity index (χ2n) is 12.2. The quantitative estimate of drug-likeness (QED) is 0.142. The molecule has 1 aromatic rings. The normalized spacial score (nSPS) is 14.2. The summed E-state index contributed by atoms with van der Waals surface area (Å²) in [6.45, 7) is 18.1. The summed E-state index contributed by atoms with van der Waals surface area (Å²) in [5.74, 6) is 1.12. The first kappa shape index (κ1) is 38.6. The van der Waals surface area contributed by atoms with Crippen LogP contribution in [0.4, 0.5) is 0 Å². The standard InChI is InChI=1S/C23H42O5P2.C5H12O4/c1-10-12-13-18(11-2)16-26-30(28-29(24)25)27-21-19(22(4,5)6)14-17(3)15-20(21)23(7,8)9;6-1-5(2-7,3-8)4-9/h14-15,18,24-25H,10-13,16H2,1-9H3;6-9H,1-4H2. The van der Waals surface area contributed by atoms with Crippen molar-refractivity contribution in [3.8, 4) is 5.75 Å². The van der Waals surface area contributed by atoms with Crippen molar-refractivity contribution in [1.29, 1.82) is 0 Å². The highest BCUT2D eigenvalue weighted by Crippen LogP contribution is 2.54. The van der Waals surface area contributed by atoms with Crippen LogP contribution in [0.2, 0.25) is 0 Å². The lowest BCUT2D eigenvalue weighted by Crippen LogP contribution is -2.37. The van der Waals surface area contributed by atoms with E-state index in [4.69, 9.17) is 33.8 Å². The van der Waals surface area contributed by atoms with Gasteiger partial charge in [-0.25, -0.2) is 4.31 Å². The van der Waals surface area contributed by atoms with Gasteiger partial charge in [0.15, 0.2) is 0 Å². The van der Waals surface area contributed by atoms with Gasteiger partial charge < -0.3 is 39.3 Å². The number of aliphatic hydroxyl groups excluding tert-OH is 4. The van der Waals surface area contributed by atoms with Crippen LogP contribution in [-0.4, -0.2) is 63.2 Å². The molecule has 1 rings (SSSR count). The highest BCUT2D eigenvalue weighted by atomic mass is 31.2. The fourth-order valence-electron chi connectivity index (χ4n) is 3.55. The lowest BCUT2D eigenvalue weighted by molar-refractivity contribution is -0.0328. The summed E-state index contributed by atoms with van der Waals surface area (Å²) in [5, 5.41) is 34.0. The average Bonchev–Trinajstić information content (AvgIpc) is 2.85. The van der Waals surface area contributed by atoms with Crippen molar-refractivity contribution in [2.45, 2.75) is 98.8 Å². The van der Waals surface area contributed by atoms with E-state index in [1.165, 1.54) is 5.56 Å². The molecule has 2 unspecified atom stereocenters. The topological polar surface area (TPSA) is 149 Å². The van der Waals surface area contributed by atoms with Crippen LogP contribution in [0.25, 0.3) is 0 Å². The number of hydrogen-bond donors (Lipinski definition) is 6. The molecule has 0 saturated heterocycles. The van der Waals surface area contributed by atoms with Crippen LogP contribution in [0, 0.1) is 18.3 Å². The molecule has 0 fully saturated rings. The maximum absolute atomic E-state index is 9.52. The van der Waals surface area contributed by atoms with Gasteiger partial charge in [0, 0.05) is 11.1 Å². The molecule has 0 aliphatic heterocycles. The van der Waals surface area contributed by atoms with Crippen molar-refractivity contribution in [3.05, 3.63) is 28.8 Å². The van der Waals surface area contributed by atoms with Crippen LogP contribution < -0.4 is 4.52 Å². The van der Waals surface area contributed by atoms with Crippen LogP contribution in [0.1, 0.15) is 97.8 Å². The predicted octanol–water partition coefficient (Wildman–Crippen LogP) is 5.60. The highest BCUT2D eigenvalue weighted by molar-refractivity contribution is 7.54. The zero-order chi connectivity index (χ0) is 30.4. The molecular weight excluding hydrogens is 542 g/mol. The minimum absolute atomic E-state index is 0.154. The molecule has 230 valence electrons. The van der Waals surface area contributed by atoms with E-state index in [0.29, 0.717) is 12.5 Å². The Balaban J connectivity index is 0.00000137. The lowest BCUT2D eigenvalue weighted by Gasteiger charge is -2.31. The van der Waals surface area contributed by atoms with Gasteiger partial charge in [0.2, 0.25) is 0 Å². The van der Waals surface area contributed by atoms with E-state index in [1.54, 1.807) is 0 Å². The van der Waals surface area contributed by atoms with Crippen LogP contribution in [0.5, 0.6) is 5.75 Å². The fourth-order valence-corrected chi connectivity index (χ4v) is 5.08. The molecule has 0 spiro atoms. The molecule has 0 bridgehead atoms. The Labute approximate surface area is 238 Å². The maximum Gasteiger partial charge on any atom is 0.404 e. The molecule has 0 radical (unpaired) electrons. The Kier molecular flexibility index (Phi) is 18.0. The second-order valence-corrected chi connectivity index (χ2v) is 14.2. The number of benzene rings is 1. The van der Waals surface area contributed by atoms with Crippen molar-refractivity contribution in [2.24, 2.45) is 11.3 Å². The number of rotatable bonds is 15. The summed E-state index contributed by atoms with van der Waals surface area (Å²) in [7, 11) is -4.52. The van der Waals surface area contributed by atoms with E-state index in [0.717, 1.165) is 42.6 Å². The van der Waals surface area contributed by atoms with Crippen LogP contribution in [-0.2, 0) is 19.7 Å². The molecule has 11 heteroatoms. The molecule has 2 atom stereocenters. The summed E-state index contributed by atoms with van der Waals surface area (Å²) >= 11 is 0. The van der Waals surface area contributed by atoms with Crippen LogP contribution in [0.15, 0.2) is 12.1 Å². The summed E-state index contributed by atoms with van der Waals surface area (Å²) < 4.78 is 17.6. The minimum atomic E-state index is -2.58. The highest BCUT2D eigenvalue weighted by Gasteiger charge is 2.31.